The molecule has 0 fully saturated rings. The lowest BCUT2D eigenvalue weighted by Gasteiger charge is -2.02. The molecular formula is C17H32BrN3O. The van der Waals surface area contributed by atoms with Crippen molar-refractivity contribution in [3.63, 3.8) is 0 Å². The van der Waals surface area contributed by atoms with E-state index in [2.05, 4.69) is 16.6 Å². The van der Waals surface area contributed by atoms with Gasteiger partial charge in [-0.15, -0.1) is 0 Å². The highest BCUT2D eigenvalue weighted by Crippen LogP contribution is 2.11. The van der Waals surface area contributed by atoms with E-state index in [9.17, 15) is 0 Å². The van der Waals surface area contributed by atoms with Gasteiger partial charge in [-0.05, 0) is 12.8 Å². The van der Waals surface area contributed by atoms with Crippen LogP contribution in [0, 0.1) is 0 Å². The highest BCUT2D eigenvalue weighted by atomic mass is 79.9. The molecular weight excluding hydrogens is 342 g/mol. The summed E-state index contributed by atoms with van der Waals surface area (Å²) in [5, 5.41) is 11.8. The van der Waals surface area contributed by atoms with E-state index in [0.717, 1.165) is 12.4 Å². The first-order chi connectivity index (χ1) is 10.3. The number of halogens is 1. The van der Waals surface area contributed by atoms with Gasteiger partial charge in [-0.3, -0.25) is 0 Å². The summed E-state index contributed by atoms with van der Waals surface area (Å²) in [7, 11) is 1.96. The van der Waals surface area contributed by atoms with E-state index in [0.29, 0.717) is 0 Å². The number of nitrogens with zero attached hydrogens (tertiary/aromatic N) is 3. The van der Waals surface area contributed by atoms with E-state index in [1.807, 2.05) is 24.0 Å². The molecule has 1 heterocycles. The molecule has 1 N–H and O–H groups in total. The lowest BCUT2D eigenvalue weighted by Crippen LogP contribution is -3.00. The second-order valence-electron chi connectivity index (χ2n) is 5.89. The van der Waals surface area contributed by atoms with Crippen molar-refractivity contribution < 1.29 is 26.8 Å². The van der Waals surface area contributed by atoms with Gasteiger partial charge < -0.3 is 22.2 Å². The maximum Gasteiger partial charge on any atom is 0.303 e. The zero-order valence-electron chi connectivity index (χ0n) is 14.2. The monoisotopic (exact) mass is 373 g/mol. The van der Waals surface area contributed by atoms with E-state index >= 15 is 0 Å². The molecule has 0 saturated heterocycles. The Morgan fingerprint density at radius 1 is 1.05 bits per heavy atom. The fourth-order valence-electron chi connectivity index (χ4n) is 2.71. The normalized spacial score (nSPS) is 11.0. The van der Waals surface area contributed by atoms with Crippen molar-refractivity contribution in [1.29, 1.82) is 0 Å². The number of unbranched alkanes of at least 4 members (excludes halogenated alkanes) is 9. The van der Waals surface area contributed by atoms with Crippen LogP contribution in [0.2, 0.25) is 0 Å². The molecule has 1 aromatic heterocycles. The molecule has 1 aromatic rings. The summed E-state index contributed by atoms with van der Waals surface area (Å²) in [6.07, 6.45) is 19.1. The molecule has 128 valence electrons. The summed E-state index contributed by atoms with van der Waals surface area (Å²) in [5.41, 5.74) is 0. The minimum Gasteiger partial charge on any atom is -1.00 e. The van der Waals surface area contributed by atoms with Crippen molar-refractivity contribution in [2.75, 3.05) is 0 Å². The van der Waals surface area contributed by atoms with Gasteiger partial charge in [-0.1, -0.05) is 63.4 Å². The average Bonchev–Trinajstić information content (AvgIpc) is 2.83. The SMILES string of the molecule is CCCCCCCCCCCCn1cc[n+](C)c1C=NO.[Br-]. The Kier molecular flexibility index (Phi) is 13.3. The molecule has 0 amide bonds. The lowest BCUT2D eigenvalue weighted by molar-refractivity contribution is -0.671. The van der Waals surface area contributed by atoms with Crippen molar-refractivity contribution in [3.05, 3.63) is 18.2 Å². The van der Waals surface area contributed by atoms with Crippen molar-refractivity contribution in [1.82, 2.24) is 4.57 Å². The molecule has 22 heavy (non-hydrogen) atoms. The summed E-state index contributed by atoms with van der Waals surface area (Å²) in [6.45, 7) is 3.27. The summed E-state index contributed by atoms with van der Waals surface area (Å²) >= 11 is 0. The summed E-state index contributed by atoms with van der Waals surface area (Å²) in [5.74, 6) is 0.938. The van der Waals surface area contributed by atoms with E-state index in [4.69, 9.17) is 5.21 Å². The van der Waals surface area contributed by atoms with Crippen molar-refractivity contribution >= 4 is 6.21 Å². The lowest BCUT2D eigenvalue weighted by atomic mass is 10.1. The molecule has 0 atom stereocenters. The minimum atomic E-state index is 0. The maximum absolute atomic E-state index is 8.68. The maximum atomic E-state index is 8.68. The quantitative estimate of drug-likeness (QED) is 0.192. The molecule has 0 unspecified atom stereocenters. The Hall–Kier alpha value is -0.840. The van der Waals surface area contributed by atoms with Crippen LogP contribution in [0.5, 0.6) is 0 Å². The molecule has 4 nitrogen and oxygen atoms in total. The second-order valence-corrected chi connectivity index (χ2v) is 5.89. The van der Waals surface area contributed by atoms with Crippen LogP contribution in [0.4, 0.5) is 0 Å². The van der Waals surface area contributed by atoms with Crippen LogP contribution in [0.25, 0.3) is 0 Å². The molecule has 5 heteroatoms. The Bertz CT molecular complexity index is 405. The predicted molar refractivity (Wildman–Crippen MR) is 86.8 cm³/mol. The number of rotatable bonds is 12. The van der Waals surface area contributed by atoms with Crippen molar-refractivity contribution in [3.8, 4) is 0 Å². The minimum absolute atomic E-state index is 0. The van der Waals surface area contributed by atoms with E-state index < -0.39 is 0 Å². The largest absolute Gasteiger partial charge is 1.00 e. The average molecular weight is 374 g/mol. The number of imidazole rings is 1. The van der Waals surface area contributed by atoms with E-state index in [1.165, 1.54) is 70.4 Å². The van der Waals surface area contributed by atoms with Gasteiger partial charge in [-0.2, -0.15) is 0 Å². The molecule has 0 spiro atoms. The Morgan fingerprint density at radius 2 is 1.59 bits per heavy atom. The van der Waals surface area contributed by atoms with Crippen LogP contribution in [-0.4, -0.2) is 16.0 Å². The van der Waals surface area contributed by atoms with Gasteiger partial charge in [-0.25, -0.2) is 9.13 Å². The van der Waals surface area contributed by atoms with Crippen LogP contribution in [0.3, 0.4) is 0 Å². The Balaban J connectivity index is 0.00000441. The summed E-state index contributed by atoms with van der Waals surface area (Å²) in [6, 6.07) is 0. The molecule has 0 aromatic carbocycles. The van der Waals surface area contributed by atoms with Crippen LogP contribution in [-0.2, 0) is 13.6 Å². The van der Waals surface area contributed by atoms with Gasteiger partial charge in [0.1, 0.15) is 12.4 Å². The smallest absolute Gasteiger partial charge is 0.303 e. The fraction of sp³-hybridized carbons (Fsp3) is 0.765. The fourth-order valence-corrected chi connectivity index (χ4v) is 2.71. The first kappa shape index (κ1) is 21.2. The number of aromatic nitrogens is 2. The zero-order valence-corrected chi connectivity index (χ0v) is 15.8. The third-order valence-corrected chi connectivity index (χ3v) is 4.05. The Labute approximate surface area is 146 Å². The third-order valence-electron chi connectivity index (χ3n) is 4.05. The van der Waals surface area contributed by atoms with Crippen LogP contribution >= 0.6 is 0 Å². The van der Waals surface area contributed by atoms with Crippen LogP contribution in [0.15, 0.2) is 17.5 Å². The van der Waals surface area contributed by atoms with Gasteiger partial charge in [0.15, 0.2) is 6.21 Å². The Morgan fingerprint density at radius 3 is 2.14 bits per heavy atom. The van der Waals surface area contributed by atoms with Crippen LogP contribution < -0.4 is 21.5 Å². The number of aryl methyl sites for hydroxylation is 2. The van der Waals surface area contributed by atoms with Gasteiger partial charge >= 0.3 is 5.82 Å². The molecule has 0 radical (unpaired) electrons. The van der Waals surface area contributed by atoms with Gasteiger partial charge in [0.25, 0.3) is 0 Å². The first-order valence-corrected chi connectivity index (χ1v) is 8.51. The summed E-state index contributed by atoms with van der Waals surface area (Å²) in [4.78, 5) is 0. The van der Waals surface area contributed by atoms with Crippen LogP contribution in [0.1, 0.15) is 77.0 Å². The highest BCUT2D eigenvalue weighted by molar-refractivity contribution is 5.72. The molecule has 0 aliphatic rings. The first-order valence-electron chi connectivity index (χ1n) is 8.51. The number of hydrogen-bond acceptors (Lipinski definition) is 2. The zero-order chi connectivity index (χ0) is 15.3. The molecule has 1 rings (SSSR count). The second kappa shape index (κ2) is 13.8. The highest BCUT2D eigenvalue weighted by Gasteiger charge is 2.11. The standard InChI is InChI=1S/C17H31N3O.BrH/c1-3-4-5-6-7-8-9-10-11-12-13-20-15-14-19(2)17(20)16-18-21;/h14-16H,3-13H2,1-2H3;1H. The summed E-state index contributed by atoms with van der Waals surface area (Å²) < 4.78 is 4.11. The van der Waals surface area contributed by atoms with Crippen molar-refractivity contribution in [2.24, 2.45) is 12.2 Å². The molecule has 0 aliphatic carbocycles. The number of oxime groups is 1. The molecule has 0 saturated carbocycles. The van der Waals surface area contributed by atoms with Gasteiger partial charge in [0, 0.05) is 0 Å². The number of hydrogen-bond donors (Lipinski definition) is 1. The predicted octanol–water partition coefficient (Wildman–Crippen LogP) is 1.05. The van der Waals surface area contributed by atoms with E-state index in [1.54, 1.807) is 0 Å². The molecule has 0 bridgehead atoms. The van der Waals surface area contributed by atoms with Gasteiger partial charge in [0.2, 0.25) is 0 Å². The topological polar surface area (TPSA) is 41.4 Å². The van der Waals surface area contributed by atoms with Crippen molar-refractivity contribution in [2.45, 2.75) is 77.7 Å². The third kappa shape index (κ3) is 8.57. The van der Waals surface area contributed by atoms with Gasteiger partial charge in [0.05, 0.1) is 13.6 Å². The molecule has 0 aliphatic heterocycles. The van der Waals surface area contributed by atoms with E-state index in [-0.39, 0.29) is 17.0 Å².